The molecule has 0 fully saturated rings. The number of hydrogen-bond acceptors (Lipinski definition) is 6. The fraction of sp³-hybridized carbons (Fsp3) is 0.217. The van der Waals surface area contributed by atoms with Crippen LogP contribution in [0, 0.1) is 17.3 Å². The van der Waals surface area contributed by atoms with Crippen LogP contribution in [0.4, 0.5) is 0 Å². The number of carbonyl (C=O) groups is 4. The number of carboxylic acid groups (broad SMARTS) is 2. The molecule has 2 aromatic carbocycles. The van der Waals surface area contributed by atoms with Gasteiger partial charge in [-0.05, 0) is 24.3 Å². The minimum absolute atomic E-state index is 0.138. The van der Waals surface area contributed by atoms with Crippen molar-refractivity contribution in [1.29, 1.82) is 0 Å². The molecular formula is C23H22O8. The number of aliphatic carboxylic acids is 2. The van der Waals surface area contributed by atoms with E-state index in [-0.39, 0.29) is 11.5 Å². The molecule has 0 saturated heterocycles. The molecule has 162 valence electrons. The molecule has 0 saturated carbocycles. The molecule has 2 aromatic rings. The van der Waals surface area contributed by atoms with E-state index >= 15 is 0 Å². The van der Waals surface area contributed by atoms with Crippen molar-refractivity contribution >= 4 is 23.9 Å². The van der Waals surface area contributed by atoms with E-state index in [1.807, 2.05) is 0 Å². The number of ether oxygens (including phenoxy) is 2. The lowest BCUT2D eigenvalue weighted by molar-refractivity contribution is -0.168. The fourth-order valence-electron chi connectivity index (χ4n) is 3.33. The first kappa shape index (κ1) is 23.3. The molecule has 2 rings (SSSR count). The third-order valence-corrected chi connectivity index (χ3v) is 5.11. The van der Waals surface area contributed by atoms with Crippen molar-refractivity contribution in [1.82, 2.24) is 0 Å². The Morgan fingerprint density at radius 2 is 1.13 bits per heavy atom. The second-order valence-electron chi connectivity index (χ2n) is 6.87. The lowest BCUT2D eigenvalue weighted by atomic mass is 9.63. The Balaban J connectivity index is 2.47. The molecule has 0 spiro atoms. The van der Waals surface area contributed by atoms with Gasteiger partial charge in [0.2, 0.25) is 0 Å². The van der Waals surface area contributed by atoms with Gasteiger partial charge in [-0.2, -0.15) is 0 Å². The smallest absolute Gasteiger partial charge is 0.332 e. The van der Waals surface area contributed by atoms with Crippen molar-refractivity contribution < 1.29 is 38.9 Å². The molecule has 2 N–H and O–H groups in total. The van der Waals surface area contributed by atoms with Gasteiger partial charge < -0.3 is 19.7 Å². The third-order valence-electron chi connectivity index (χ3n) is 5.11. The van der Waals surface area contributed by atoms with E-state index in [2.05, 4.69) is 6.58 Å². The number of para-hydroxylation sites is 2. The Kier molecular flexibility index (Phi) is 7.31. The maximum absolute atomic E-state index is 12.8. The van der Waals surface area contributed by atoms with Crippen molar-refractivity contribution in [2.24, 2.45) is 17.3 Å². The Morgan fingerprint density at radius 3 is 1.42 bits per heavy atom. The minimum atomic E-state index is -2.52. The SMILES string of the molecule is C=C(C(=O)O)C(C(=O)O)(C(C)C(=O)Oc1ccccc1)C(C)C(=O)Oc1ccccc1. The number of esters is 2. The predicted octanol–water partition coefficient (Wildman–Crippen LogP) is 3.18. The average molecular weight is 426 g/mol. The quantitative estimate of drug-likeness (QED) is 0.356. The molecule has 31 heavy (non-hydrogen) atoms. The van der Waals surface area contributed by atoms with Crippen molar-refractivity contribution in [2.45, 2.75) is 13.8 Å². The van der Waals surface area contributed by atoms with Crippen molar-refractivity contribution in [3.8, 4) is 11.5 Å². The van der Waals surface area contributed by atoms with E-state index in [1.54, 1.807) is 36.4 Å². The normalized spacial score (nSPS) is 14.4. The number of carbonyl (C=O) groups excluding carboxylic acids is 2. The van der Waals surface area contributed by atoms with Crippen LogP contribution in [0.25, 0.3) is 0 Å². The van der Waals surface area contributed by atoms with Gasteiger partial charge in [0.25, 0.3) is 0 Å². The van der Waals surface area contributed by atoms with Crippen molar-refractivity contribution in [3.63, 3.8) is 0 Å². The van der Waals surface area contributed by atoms with Crippen molar-refractivity contribution in [2.75, 3.05) is 0 Å². The predicted molar refractivity (Wildman–Crippen MR) is 109 cm³/mol. The molecule has 2 atom stereocenters. The van der Waals surface area contributed by atoms with E-state index in [9.17, 15) is 29.4 Å². The monoisotopic (exact) mass is 426 g/mol. The van der Waals surface area contributed by atoms with Crippen molar-refractivity contribution in [3.05, 3.63) is 72.8 Å². The summed E-state index contributed by atoms with van der Waals surface area (Å²) in [6.07, 6.45) is 0. The summed E-state index contributed by atoms with van der Waals surface area (Å²) in [6, 6.07) is 15.7. The van der Waals surface area contributed by atoms with Crippen LogP contribution in [-0.4, -0.2) is 34.1 Å². The molecule has 0 radical (unpaired) electrons. The van der Waals surface area contributed by atoms with Gasteiger partial charge in [-0.3, -0.25) is 14.4 Å². The molecular weight excluding hydrogens is 404 g/mol. The highest BCUT2D eigenvalue weighted by atomic mass is 16.5. The van der Waals surface area contributed by atoms with Crippen LogP contribution in [-0.2, 0) is 19.2 Å². The Bertz CT molecular complexity index is 922. The first-order valence-electron chi connectivity index (χ1n) is 9.31. The van der Waals surface area contributed by atoms with Crippen LogP contribution >= 0.6 is 0 Å². The van der Waals surface area contributed by atoms with Crippen LogP contribution in [0.3, 0.4) is 0 Å². The summed E-state index contributed by atoms with van der Waals surface area (Å²) < 4.78 is 10.4. The van der Waals surface area contributed by atoms with Gasteiger partial charge in [0.15, 0.2) is 0 Å². The maximum atomic E-state index is 12.8. The number of benzene rings is 2. The first-order valence-corrected chi connectivity index (χ1v) is 9.31. The molecule has 0 aromatic heterocycles. The zero-order valence-electron chi connectivity index (χ0n) is 17.0. The molecule has 0 amide bonds. The van der Waals surface area contributed by atoms with Crippen LogP contribution in [0.2, 0.25) is 0 Å². The Hall–Kier alpha value is -3.94. The second kappa shape index (κ2) is 9.71. The number of carboxylic acids is 2. The lowest BCUT2D eigenvalue weighted by Crippen LogP contribution is -2.53. The van der Waals surface area contributed by atoms with Gasteiger partial charge in [0, 0.05) is 5.57 Å². The molecule has 0 aliphatic rings. The summed E-state index contributed by atoms with van der Waals surface area (Å²) in [4.78, 5) is 49.8. The van der Waals surface area contributed by atoms with Gasteiger partial charge in [-0.1, -0.05) is 56.8 Å². The molecule has 0 heterocycles. The lowest BCUT2D eigenvalue weighted by Gasteiger charge is -2.37. The minimum Gasteiger partial charge on any atom is -0.481 e. The molecule has 2 unspecified atom stereocenters. The number of hydrogen-bond donors (Lipinski definition) is 2. The van der Waals surface area contributed by atoms with Crippen LogP contribution in [0.1, 0.15) is 13.8 Å². The Morgan fingerprint density at radius 1 is 0.774 bits per heavy atom. The summed E-state index contributed by atoms with van der Waals surface area (Å²) in [6.45, 7) is 5.73. The third kappa shape index (κ3) is 4.80. The molecule has 0 bridgehead atoms. The molecule has 0 aliphatic heterocycles. The fourth-order valence-corrected chi connectivity index (χ4v) is 3.33. The van der Waals surface area contributed by atoms with Gasteiger partial charge in [0.05, 0.1) is 11.8 Å². The van der Waals surface area contributed by atoms with Crippen LogP contribution in [0.5, 0.6) is 11.5 Å². The van der Waals surface area contributed by atoms with Crippen LogP contribution in [0.15, 0.2) is 72.8 Å². The number of rotatable bonds is 9. The summed E-state index contributed by atoms with van der Waals surface area (Å²) in [5.41, 5.74) is -3.36. The van der Waals surface area contributed by atoms with E-state index in [0.29, 0.717) is 0 Å². The van der Waals surface area contributed by atoms with E-state index in [0.717, 1.165) is 0 Å². The summed E-state index contributed by atoms with van der Waals surface area (Å²) >= 11 is 0. The summed E-state index contributed by atoms with van der Waals surface area (Å²) in [5, 5.41) is 19.6. The summed E-state index contributed by atoms with van der Waals surface area (Å²) in [7, 11) is 0. The summed E-state index contributed by atoms with van der Waals surface area (Å²) in [5.74, 6) is -8.35. The zero-order valence-corrected chi connectivity index (χ0v) is 17.0. The molecule has 0 aliphatic carbocycles. The topological polar surface area (TPSA) is 127 Å². The first-order chi connectivity index (χ1) is 14.6. The highest BCUT2D eigenvalue weighted by molar-refractivity contribution is 6.02. The highest BCUT2D eigenvalue weighted by Crippen LogP contribution is 2.44. The second-order valence-corrected chi connectivity index (χ2v) is 6.87. The largest absolute Gasteiger partial charge is 0.481 e. The van der Waals surface area contributed by atoms with Gasteiger partial charge in [-0.25, -0.2) is 4.79 Å². The molecule has 8 nitrogen and oxygen atoms in total. The standard InChI is InChI=1S/C23H22O8/c1-14(19(24)25)23(22(28)29,15(2)20(26)30-17-10-6-4-7-11-17)16(3)21(27)31-18-12-8-5-9-13-18/h4-13,15-16H,1H2,2-3H3,(H,24,25)(H,28,29). The van der Waals surface area contributed by atoms with Gasteiger partial charge in [0.1, 0.15) is 16.9 Å². The maximum Gasteiger partial charge on any atom is 0.332 e. The van der Waals surface area contributed by atoms with E-state index in [4.69, 9.17) is 9.47 Å². The van der Waals surface area contributed by atoms with E-state index < -0.39 is 46.7 Å². The zero-order chi connectivity index (χ0) is 23.2. The van der Waals surface area contributed by atoms with Gasteiger partial charge >= 0.3 is 23.9 Å². The average Bonchev–Trinajstić information content (AvgIpc) is 2.74. The van der Waals surface area contributed by atoms with E-state index in [1.165, 1.54) is 38.1 Å². The molecule has 8 heteroatoms. The van der Waals surface area contributed by atoms with Gasteiger partial charge in [-0.15, -0.1) is 0 Å². The van der Waals surface area contributed by atoms with Crippen LogP contribution < -0.4 is 9.47 Å². The Labute approximate surface area is 178 Å². The highest BCUT2D eigenvalue weighted by Gasteiger charge is 2.59.